The molecule has 1 rings (SSSR count). The largest absolute Gasteiger partial charge is 0.398 e. The van der Waals surface area contributed by atoms with Crippen molar-refractivity contribution in [1.82, 2.24) is 0 Å². The molecule has 1 aromatic carbocycles. The molecule has 0 spiro atoms. The molecule has 0 aliphatic rings. The number of hydrogen-bond donors (Lipinski definition) is 3. The highest BCUT2D eigenvalue weighted by Gasteiger charge is 2.18. The number of rotatable bonds is 2. The van der Waals surface area contributed by atoms with Crippen LogP contribution in [-0.4, -0.2) is 16.3 Å². The maximum absolute atomic E-state index is 9.62. The van der Waals surface area contributed by atoms with Crippen LogP contribution in [0.15, 0.2) is 12.1 Å². The molecule has 2 atom stereocenters. The third-order valence-electron chi connectivity index (χ3n) is 2.39. The highest BCUT2D eigenvalue weighted by Crippen LogP contribution is 2.24. The van der Waals surface area contributed by atoms with Crippen LogP contribution in [0.25, 0.3) is 0 Å². The van der Waals surface area contributed by atoms with E-state index in [2.05, 4.69) is 0 Å². The predicted octanol–water partition coefficient (Wildman–Crippen LogP) is 0.804. The van der Waals surface area contributed by atoms with Gasteiger partial charge in [-0.3, -0.25) is 0 Å². The van der Waals surface area contributed by atoms with E-state index in [0.717, 1.165) is 11.1 Å². The van der Waals surface area contributed by atoms with Crippen LogP contribution in [0.2, 0.25) is 0 Å². The first kappa shape index (κ1) is 11.5. The second kappa shape index (κ2) is 4.30. The SMILES string of the molecule is Cc1cc(C(O)C(O)C#N)cc(C)c1N. The molecule has 1 aromatic rings. The van der Waals surface area contributed by atoms with Gasteiger partial charge < -0.3 is 15.9 Å². The number of hydrogen-bond acceptors (Lipinski definition) is 4. The topological polar surface area (TPSA) is 90.3 Å². The van der Waals surface area contributed by atoms with Crippen LogP contribution < -0.4 is 5.73 Å². The number of nitrogens with zero attached hydrogens (tertiary/aromatic N) is 1. The molecule has 0 bridgehead atoms. The number of nitrogen functional groups attached to an aromatic ring is 1. The van der Waals surface area contributed by atoms with Crippen molar-refractivity contribution in [3.63, 3.8) is 0 Å². The molecular weight excluding hydrogens is 192 g/mol. The van der Waals surface area contributed by atoms with E-state index in [1.165, 1.54) is 0 Å². The maximum Gasteiger partial charge on any atom is 0.170 e. The average molecular weight is 206 g/mol. The number of aliphatic hydroxyl groups is 2. The Morgan fingerprint density at radius 2 is 1.73 bits per heavy atom. The Morgan fingerprint density at radius 3 is 2.13 bits per heavy atom. The summed E-state index contributed by atoms with van der Waals surface area (Å²) in [6.45, 7) is 3.63. The Balaban J connectivity index is 3.12. The van der Waals surface area contributed by atoms with Crippen LogP contribution in [0.3, 0.4) is 0 Å². The summed E-state index contributed by atoms with van der Waals surface area (Å²) in [5.41, 5.74) is 8.58. The summed E-state index contributed by atoms with van der Waals surface area (Å²) in [7, 11) is 0. The zero-order chi connectivity index (χ0) is 11.6. The van der Waals surface area contributed by atoms with Crippen LogP contribution in [-0.2, 0) is 0 Å². The third-order valence-corrected chi connectivity index (χ3v) is 2.39. The molecule has 0 heterocycles. The molecule has 0 aromatic heterocycles. The van der Waals surface area contributed by atoms with Crippen LogP contribution in [0.4, 0.5) is 5.69 Å². The fourth-order valence-corrected chi connectivity index (χ4v) is 1.43. The van der Waals surface area contributed by atoms with E-state index < -0.39 is 12.2 Å². The van der Waals surface area contributed by atoms with Gasteiger partial charge in [-0.1, -0.05) is 12.1 Å². The minimum absolute atomic E-state index is 0.508. The summed E-state index contributed by atoms with van der Waals surface area (Å²) in [4.78, 5) is 0. The molecule has 0 aliphatic carbocycles. The van der Waals surface area contributed by atoms with Crippen molar-refractivity contribution in [3.05, 3.63) is 28.8 Å². The number of anilines is 1. The van der Waals surface area contributed by atoms with Gasteiger partial charge in [0, 0.05) is 5.69 Å². The number of aryl methyl sites for hydroxylation is 2. The lowest BCUT2D eigenvalue weighted by molar-refractivity contribution is 0.0527. The molecule has 0 saturated carbocycles. The van der Waals surface area contributed by atoms with Gasteiger partial charge in [0.15, 0.2) is 6.10 Å². The zero-order valence-electron chi connectivity index (χ0n) is 8.73. The molecule has 15 heavy (non-hydrogen) atoms. The van der Waals surface area contributed by atoms with Gasteiger partial charge in [-0.15, -0.1) is 0 Å². The Hall–Kier alpha value is -1.57. The van der Waals surface area contributed by atoms with E-state index in [0.29, 0.717) is 11.3 Å². The van der Waals surface area contributed by atoms with E-state index in [4.69, 9.17) is 11.0 Å². The van der Waals surface area contributed by atoms with Crippen molar-refractivity contribution in [2.75, 3.05) is 5.73 Å². The minimum atomic E-state index is -1.41. The molecule has 0 radical (unpaired) electrons. The Morgan fingerprint density at radius 1 is 1.27 bits per heavy atom. The minimum Gasteiger partial charge on any atom is -0.398 e. The lowest BCUT2D eigenvalue weighted by Gasteiger charge is -2.15. The smallest absolute Gasteiger partial charge is 0.170 e. The third kappa shape index (κ3) is 2.27. The molecule has 0 aliphatic heterocycles. The highest BCUT2D eigenvalue weighted by molar-refractivity contribution is 5.54. The normalized spacial score (nSPS) is 14.3. The fourth-order valence-electron chi connectivity index (χ4n) is 1.43. The van der Waals surface area contributed by atoms with Gasteiger partial charge in [-0.05, 0) is 30.5 Å². The molecule has 0 saturated heterocycles. The van der Waals surface area contributed by atoms with E-state index in [1.54, 1.807) is 18.2 Å². The lowest BCUT2D eigenvalue weighted by Crippen LogP contribution is -2.16. The zero-order valence-corrected chi connectivity index (χ0v) is 8.73. The first-order chi connectivity index (χ1) is 6.97. The molecule has 2 unspecified atom stereocenters. The summed E-state index contributed by atoms with van der Waals surface area (Å²) < 4.78 is 0. The summed E-state index contributed by atoms with van der Waals surface area (Å²) in [6.07, 6.45) is -2.60. The summed E-state index contributed by atoms with van der Waals surface area (Å²) >= 11 is 0. The van der Waals surface area contributed by atoms with Gasteiger partial charge in [0.25, 0.3) is 0 Å². The van der Waals surface area contributed by atoms with Crippen molar-refractivity contribution in [3.8, 4) is 6.07 Å². The van der Waals surface area contributed by atoms with E-state index in [-0.39, 0.29) is 0 Å². The second-order valence-electron chi connectivity index (χ2n) is 3.59. The Kier molecular flexibility index (Phi) is 3.30. The fraction of sp³-hybridized carbons (Fsp3) is 0.364. The summed E-state index contributed by atoms with van der Waals surface area (Å²) in [6, 6.07) is 4.94. The van der Waals surface area contributed by atoms with Gasteiger partial charge in [0.1, 0.15) is 6.10 Å². The van der Waals surface area contributed by atoms with Crippen LogP contribution in [0.5, 0.6) is 0 Å². The molecule has 4 N–H and O–H groups in total. The van der Waals surface area contributed by atoms with Crippen molar-refractivity contribution in [1.29, 1.82) is 5.26 Å². The number of benzene rings is 1. The molecule has 4 nitrogen and oxygen atoms in total. The molecule has 4 heteroatoms. The van der Waals surface area contributed by atoms with Crippen LogP contribution in [0.1, 0.15) is 22.8 Å². The van der Waals surface area contributed by atoms with Gasteiger partial charge >= 0.3 is 0 Å². The van der Waals surface area contributed by atoms with Gasteiger partial charge in [-0.25, -0.2) is 0 Å². The van der Waals surface area contributed by atoms with Gasteiger partial charge in [0.2, 0.25) is 0 Å². The second-order valence-corrected chi connectivity index (χ2v) is 3.59. The Labute approximate surface area is 88.6 Å². The molecule has 0 fully saturated rings. The average Bonchev–Trinajstić information content (AvgIpc) is 2.23. The van der Waals surface area contributed by atoms with E-state index in [9.17, 15) is 10.2 Å². The standard InChI is InChI=1S/C11H14N2O2/c1-6-3-8(4-7(2)10(6)13)11(15)9(14)5-12/h3-4,9,11,14-15H,13H2,1-2H3. The van der Waals surface area contributed by atoms with Crippen LogP contribution in [0, 0.1) is 25.2 Å². The predicted molar refractivity (Wildman–Crippen MR) is 56.9 cm³/mol. The summed E-state index contributed by atoms with van der Waals surface area (Å²) in [5, 5.41) is 27.3. The van der Waals surface area contributed by atoms with Crippen molar-refractivity contribution < 1.29 is 10.2 Å². The number of nitriles is 1. The van der Waals surface area contributed by atoms with E-state index in [1.807, 2.05) is 13.8 Å². The first-order valence-electron chi connectivity index (χ1n) is 4.59. The van der Waals surface area contributed by atoms with Crippen molar-refractivity contribution >= 4 is 5.69 Å². The number of aliphatic hydroxyl groups excluding tert-OH is 2. The molecule has 80 valence electrons. The van der Waals surface area contributed by atoms with Crippen molar-refractivity contribution in [2.45, 2.75) is 26.1 Å². The first-order valence-corrected chi connectivity index (χ1v) is 4.59. The van der Waals surface area contributed by atoms with E-state index >= 15 is 0 Å². The molecule has 0 amide bonds. The maximum atomic E-state index is 9.62. The van der Waals surface area contributed by atoms with Gasteiger partial charge in [0.05, 0.1) is 6.07 Å². The summed E-state index contributed by atoms with van der Waals surface area (Å²) in [5.74, 6) is 0. The monoisotopic (exact) mass is 206 g/mol. The van der Waals surface area contributed by atoms with Crippen LogP contribution >= 0.6 is 0 Å². The Bertz CT molecular complexity index is 387. The lowest BCUT2D eigenvalue weighted by atomic mass is 9.99. The van der Waals surface area contributed by atoms with Gasteiger partial charge in [-0.2, -0.15) is 5.26 Å². The highest BCUT2D eigenvalue weighted by atomic mass is 16.3. The molecular formula is C11H14N2O2. The number of nitrogens with two attached hydrogens (primary N) is 1. The van der Waals surface area contributed by atoms with Crippen molar-refractivity contribution in [2.24, 2.45) is 0 Å². The quantitative estimate of drug-likeness (QED) is 0.493.